The number of nitrogens with one attached hydrogen (secondary N) is 1. The van der Waals surface area contributed by atoms with E-state index in [0.717, 1.165) is 17.3 Å². The highest BCUT2D eigenvalue weighted by molar-refractivity contribution is 7.11. The Balaban J connectivity index is 1.69. The number of hydrogen-bond donors (Lipinski definition) is 1. The highest BCUT2D eigenvalue weighted by Gasteiger charge is 2.29. The highest BCUT2D eigenvalue weighted by atomic mass is 32.1. The average Bonchev–Trinajstić information content (AvgIpc) is 3.21. The lowest BCUT2D eigenvalue weighted by Gasteiger charge is -2.02. The summed E-state index contributed by atoms with van der Waals surface area (Å²) in [4.78, 5) is 6.13. The smallest absolute Gasteiger partial charge is 0.140 e. The molecule has 0 radical (unpaired) electrons. The molecule has 0 amide bonds. The first-order valence-corrected chi connectivity index (χ1v) is 7.49. The van der Waals surface area contributed by atoms with Gasteiger partial charge in [-0.1, -0.05) is 18.2 Å². The first-order valence-electron chi connectivity index (χ1n) is 6.67. The molecular formula is C15H18N2OS. The van der Waals surface area contributed by atoms with Gasteiger partial charge < -0.3 is 10.1 Å². The van der Waals surface area contributed by atoms with Crippen LogP contribution in [0, 0.1) is 0 Å². The highest BCUT2D eigenvalue weighted by Crippen LogP contribution is 2.42. The van der Waals surface area contributed by atoms with Gasteiger partial charge in [0.25, 0.3) is 0 Å². The van der Waals surface area contributed by atoms with E-state index in [0.29, 0.717) is 12.5 Å². The molecule has 1 aliphatic carbocycles. The van der Waals surface area contributed by atoms with E-state index in [9.17, 15) is 0 Å². The minimum atomic E-state index is 0.568. The van der Waals surface area contributed by atoms with Gasteiger partial charge in [0, 0.05) is 17.3 Å². The normalized spacial score (nSPS) is 14.6. The number of thiazole rings is 1. The summed E-state index contributed by atoms with van der Waals surface area (Å²) in [6.07, 6.45) is 2.58. The van der Waals surface area contributed by atoms with Crippen LogP contribution in [0.15, 0.2) is 30.3 Å². The van der Waals surface area contributed by atoms with Crippen molar-refractivity contribution in [3.05, 3.63) is 45.9 Å². The fourth-order valence-corrected chi connectivity index (χ4v) is 3.18. The summed E-state index contributed by atoms with van der Waals surface area (Å²) >= 11 is 1.77. The van der Waals surface area contributed by atoms with Crippen LogP contribution in [0.4, 0.5) is 0 Å². The first-order chi connectivity index (χ1) is 9.36. The second kappa shape index (κ2) is 5.72. The van der Waals surface area contributed by atoms with Gasteiger partial charge in [-0.15, -0.1) is 11.3 Å². The van der Waals surface area contributed by atoms with Gasteiger partial charge in [0.05, 0.1) is 5.69 Å². The summed E-state index contributed by atoms with van der Waals surface area (Å²) in [6, 6.07) is 9.92. The van der Waals surface area contributed by atoms with Gasteiger partial charge in [0.2, 0.25) is 0 Å². The molecule has 3 nitrogen and oxygen atoms in total. The predicted molar refractivity (Wildman–Crippen MR) is 77.6 cm³/mol. The number of para-hydroxylation sites is 1. The monoisotopic (exact) mass is 274 g/mol. The van der Waals surface area contributed by atoms with Gasteiger partial charge >= 0.3 is 0 Å². The summed E-state index contributed by atoms with van der Waals surface area (Å²) in [5, 5.41) is 4.30. The standard InChI is InChI=1S/C15H18N2OS/c1-16-9-13-15(11-7-8-11)17-14(19-13)10-18-12-5-3-2-4-6-12/h2-6,11,16H,7-10H2,1H3. The lowest BCUT2D eigenvalue weighted by atomic mass is 10.2. The topological polar surface area (TPSA) is 34.1 Å². The Labute approximate surface area is 117 Å². The van der Waals surface area contributed by atoms with E-state index in [1.807, 2.05) is 37.4 Å². The van der Waals surface area contributed by atoms with E-state index >= 15 is 0 Å². The number of benzene rings is 1. The second-order valence-electron chi connectivity index (χ2n) is 4.82. The lowest BCUT2D eigenvalue weighted by Crippen LogP contribution is -2.05. The van der Waals surface area contributed by atoms with Crippen LogP contribution >= 0.6 is 11.3 Å². The SMILES string of the molecule is CNCc1sc(COc2ccccc2)nc1C1CC1. The van der Waals surface area contributed by atoms with Crippen molar-refractivity contribution in [1.29, 1.82) is 0 Å². The van der Waals surface area contributed by atoms with Crippen molar-refractivity contribution in [3.8, 4) is 5.75 Å². The Kier molecular flexibility index (Phi) is 3.80. The summed E-state index contributed by atoms with van der Waals surface area (Å²) in [5.41, 5.74) is 1.30. The molecule has 0 bridgehead atoms. The van der Waals surface area contributed by atoms with Crippen LogP contribution in [0.5, 0.6) is 5.75 Å². The van der Waals surface area contributed by atoms with Crippen LogP contribution in [-0.2, 0) is 13.2 Å². The van der Waals surface area contributed by atoms with E-state index in [4.69, 9.17) is 9.72 Å². The number of aromatic nitrogens is 1. The van der Waals surface area contributed by atoms with Crippen molar-refractivity contribution < 1.29 is 4.74 Å². The van der Waals surface area contributed by atoms with Gasteiger partial charge in [-0.3, -0.25) is 0 Å². The van der Waals surface area contributed by atoms with Gasteiger partial charge in [0.15, 0.2) is 0 Å². The van der Waals surface area contributed by atoms with E-state index in [1.165, 1.54) is 23.4 Å². The minimum absolute atomic E-state index is 0.568. The molecule has 1 heterocycles. The molecule has 3 rings (SSSR count). The number of rotatable bonds is 6. The van der Waals surface area contributed by atoms with Crippen LogP contribution in [-0.4, -0.2) is 12.0 Å². The molecular weight excluding hydrogens is 256 g/mol. The maximum absolute atomic E-state index is 5.77. The first kappa shape index (κ1) is 12.6. The largest absolute Gasteiger partial charge is 0.486 e. The Morgan fingerprint density at radius 1 is 1.32 bits per heavy atom. The Morgan fingerprint density at radius 3 is 2.79 bits per heavy atom. The zero-order valence-corrected chi connectivity index (χ0v) is 11.9. The maximum Gasteiger partial charge on any atom is 0.140 e. The molecule has 19 heavy (non-hydrogen) atoms. The molecule has 4 heteroatoms. The van der Waals surface area contributed by atoms with E-state index < -0.39 is 0 Å². The molecule has 0 unspecified atom stereocenters. The zero-order valence-electron chi connectivity index (χ0n) is 11.1. The molecule has 0 spiro atoms. The molecule has 0 saturated heterocycles. The number of nitrogens with zero attached hydrogens (tertiary/aromatic N) is 1. The van der Waals surface area contributed by atoms with Gasteiger partial charge in [-0.25, -0.2) is 4.98 Å². The van der Waals surface area contributed by atoms with Crippen LogP contribution in [0.3, 0.4) is 0 Å². The molecule has 0 aliphatic heterocycles. The maximum atomic E-state index is 5.77. The quantitative estimate of drug-likeness (QED) is 0.877. The fraction of sp³-hybridized carbons (Fsp3) is 0.400. The molecule has 100 valence electrons. The molecule has 1 saturated carbocycles. The van der Waals surface area contributed by atoms with Crippen molar-refractivity contribution in [2.45, 2.75) is 31.9 Å². The molecule has 1 aromatic carbocycles. The third kappa shape index (κ3) is 3.14. The van der Waals surface area contributed by atoms with Crippen LogP contribution in [0.2, 0.25) is 0 Å². The minimum Gasteiger partial charge on any atom is -0.486 e. The van der Waals surface area contributed by atoms with E-state index in [-0.39, 0.29) is 0 Å². The Bertz CT molecular complexity index is 534. The molecule has 1 N–H and O–H groups in total. The van der Waals surface area contributed by atoms with E-state index in [1.54, 1.807) is 11.3 Å². The number of hydrogen-bond acceptors (Lipinski definition) is 4. The van der Waals surface area contributed by atoms with Gasteiger partial charge in [-0.2, -0.15) is 0 Å². The van der Waals surface area contributed by atoms with Crippen molar-refractivity contribution in [1.82, 2.24) is 10.3 Å². The predicted octanol–water partition coefficient (Wildman–Crippen LogP) is 3.32. The van der Waals surface area contributed by atoms with Crippen LogP contribution in [0.1, 0.15) is 34.3 Å². The fourth-order valence-electron chi connectivity index (χ4n) is 2.10. The average molecular weight is 274 g/mol. The summed E-state index contributed by atoms with van der Waals surface area (Å²) < 4.78 is 5.77. The van der Waals surface area contributed by atoms with Crippen LogP contribution < -0.4 is 10.1 Å². The van der Waals surface area contributed by atoms with Crippen molar-refractivity contribution in [2.75, 3.05) is 7.05 Å². The molecule has 2 aromatic rings. The zero-order chi connectivity index (χ0) is 13.1. The second-order valence-corrected chi connectivity index (χ2v) is 5.99. The van der Waals surface area contributed by atoms with Crippen molar-refractivity contribution >= 4 is 11.3 Å². The third-order valence-corrected chi connectivity index (χ3v) is 4.22. The molecule has 1 fully saturated rings. The Hall–Kier alpha value is -1.39. The molecule has 1 aromatic heterocycles. The van der Waals surface area contributed by atoms with Crippen molar-refractivity contribution in [3.63, 3.8) is 0 Å². The molecule has 1 aliphatic rings. The summed E-state index contributed by atoms with van der Waals surface area (Å²) in [6.45, 7) is 1.48. The van der Waals surface area contributed by atoms with Crippen LogP contribution in [0.25, 0.3) is 0 Å². The van der Waals surface area contributed by atoms with Crippen molar-refractivity contribution in [2.24, 2.45) is 0 Å². The number of ether oxygens (including phenoxy) is 1. The van der Waals surface area contributed by atoms with Gasteiger partial charge in [0.1, 0.15) is 17.4 Å². The summed E-state index contributed by atoms with van der Waals surface area (Å²) in [5.74, 6) is 1.60. The van der Waals surface area contributed by atoms with E-state index in [2.05, 4.69) is 5.32 Å². The van der Waals surface area contributed by atoms with Gasteiger partial charge in [-0.05, 0) is 32.0 Å². The Morgan fingerprint density at radius 2 is 2.11 bits per heavy atom. The lowest BCUT2D eigenvalue weighted by molar-refractivity contribution is 0.305. The third-order valence-electron chi connectivity index (χ3n) is 3.18. The molecule has 0 atom stereocenters. The summed E-state index contributed by atoms with van der Waals surface area (Å²) in [7, 11) is 1.98.